The highest BCUT2D eigenvalue weighted by Gasteiger charge is 2.15. The largest absolute Gasteiger partial charge is 0.480 e. The first-order valence-corrected chi connectivity index (χ1v) is 10.4. The van der Waals surface area contributed by atoms with Gasteiger partial charge in [-0.2, -0.15) is 9.97 Å². The van der Waals surface area contributed by atoms with Crippen molar-refractivity contribution in [1.29, 1.82) is 0 Å². The van der Waals surface area contributed by atoms with Crippen LogP contribution in [0.25, 0.3) is 11.0 Å². The van der Waals surface area contributed by atoms with Crippen LogP contribution in [0.2, 0.25) is 0 Å². The number of hydrogen-bond donors (Lipinski definition) is 3. The van der Waals surface area contributed by atoms with E-state index in [1.54, 1.807) is 30.3 Å². The van der Waals surface area contributed by atoms with E-state index in [0.29, 0.717) is 33.7 Å². The number of fused-ring (bicyclic) bond motifs is 1. The third kappa shape index (κ3) is 4.71. The van der Waals surface area contributed by atoms with Gasteiger partial charge >= 0.3 is 5.97 Å². The maximum absolute atomic E-state index is 13.4. The highest BCUT2D eigenvalue weighted by atomic mass is 79.9. The molecule has 2 aromatic carbocycles. The minimum absolute atomic E-state index is 0.0506. The summed E-state index contributed by atoms with van der Waals surface area (Å²) >= 11 is 3.38. The number of benzene rings is 2. The number of nitrogens with zero attached hydrogens (tertiary/aromatic N) is 3. The second-order valence-electron chi connectivity index (χ2n) is 7.20. The van der Waals surface area contributed by atoms with Gasteiger partial charge in [-0.1, -0.05) is 34.1 Å². The van der Waals surface area contributed by atoms with Crippen LogP contribution in [0.15, 0.2) is 59.2 Å². The molecule has 0 saturated carbocycles. The molecule has 32 heavy (non-hydrogen) atoms. The monoisotopic (exact) mass is 499 g/mol. The molecule has 0 spiro atoms. The summed E-state index contributed by atoms with van der Waals surface area (Å²) in [5.74, 6) is -0.530. The molecule has 0 radical (unpaired) electrons. The van der Waals surface area contributed by atoms with Crippen molar-refractivity contribution in [2.75, 3.05) is 5.73 Å². The van der Waals surface area contributed by atoms with E-state index in [2.05, 4.69) is 25.9 Å². The maximum atomic E-state index is 13.4. The molecule has 0 amide bonds. The lowest BCUT2D eigenvalue weighted by Crippen LogP contribution is -2.32. The Morgan fingerprint density at radius 1 is 1.19 bits per heavy atom. The fourth-order valence-corrected chi connectivity index (χ4v) is 3.72. The van der Waals surface area contributed by atoms with Crippen LogP contribution in [0.4, 0.5) is 10.3 Å². The zero-order chi connectivity index (χ0) is 22.8. The molecule has 1 atom stereocenters. The minimum Gasteiger partial charge on any atom is -0.480 e. The Morgan fingerprint density at radius 3 is 2.62 bits per heavy atom. The number of nitrogen functional groups attached to an aromatic ring is 1. The third-order valence-electron chi connectivity index (χ3n) is 4.87. The Hall–Kier alpha value is -3.50. The molecular formula is C22H19BrFN5O3. The van der Waals surface area contributed by atoms with Gasteiger partial charge in [0, 0.05) is 10.7 Å². The first-order valence-electron chi connectivity index (χ1n) is 9.61. The summed E-state index contributed by atoms with van der Waals surface area (Å²) in [7, 11) is 0. The van der Waals surface area contributed by atoms with Gasteiger partial charge in [0.05, 0.1) is 11.9 Å². The van der Waals surface area contributed by atoms with E-state index < -0.39 is 12.0 Å². The molecule has 8 nitrogen and oxygen atoms in total. The number of rotatable bonds is 7. The minimum atomic E-state index is -1.05. The van der Waals surface area contributed by atoms with Gasteiger partial charge in [-0.05, 0) is 47.9 Å². The van der Waals surface area contributed by atoms with Gasteiger partial charge in [-0.15, -0.1) is 0 Å². The number of ether oxygens (including phenoxy) is 1. The van der Waals surface area contributed by atoms with E-state index in [1.165, 1.54) is 12.1 Å². The van der Waals surface area contributed by atoms with Crippen molar-refractivity contribution in [3.8, 4) is 11.6 Å². The maximum Gasteiger partial charge on any atom is 0.320 e. The van der Waals surface area contributed by atoms with Gasteiger partial charge in [-0.25, -0.2) is 4.39 Å². The van der Waals surface area contributed by atoms with E-state index >= 15 is 0 Å². The number of carboxylic acid groups (broad SMARTS) is 1. The van der Waals surface area contributed by atoms with Gasteiger partial charge in [0.25, 0.3) is 0 Å². The fourth-order valence-electron chi connectivity index (χ4n) is 3.24. The van der Waals surface area contributed by atoms with Gasteiger partial charge in [0.2, 0.25) is 11.8 Å². The Kier molecular flexibility index (Phi) is 6.06. The van der Waals surface area contributed by atoms with Crippen LogP contribution >= 0.6 is 15.9 Å². The molecule has 4 aromatic rings. The van der Waals surface area contributed by atoms with Crippen molar-refractivity contribution in [1.82, 2.24) is 14.5 Å². The molecule has 164 valence electrons. The molecule has 2 aromatic heterocycles. The second-order valence-corrected chi connectivity index (χ2v) is 8.05. The van der Waals surface area contributed by atoms with E-state index in [1.807, 2.05) is 16.8 Å². The number of carbonyl (C=O) groups is 1. The molecule has 5 N–H and O–H groups in total. The van der Waals surface area contributed by atoms with E-state index in [4.69, 9.17) is 21.3 Å². The molecule has 10 heteroatoms. The van der Waals surface area contributed by atoms with Crippen molar-refractivity contribution < 1.29 is 19.0 Å². The van der Waals surface area contributed by atoms with Crippen molar-refractivity contribution in [2.45, 2.75) is 19.0 Å². The average molecular weight is 500 g/mol. The van der Waals surface area contributed by atoms with Crippen LogP contribution in [-0.4, -0.2) is 31.7 Å². The topological polar surface area (TPSA) is 129 Å². The average Bonchev–Trinajstić information content (AvgIpc) is 3.14. The Labute approximate surface area is 190 Å². The summed E-state index contributed by atoms with van der Waals surface area (Å²) in [4.78, 5) is 19.5. The SMILES string of the molecule is Nc1nc(Oc2ccc(C[C@H](N)C(=O)O)cc2)c2ccn(Cc3ccc(F)cc3Br)c2n1. The summed E-state index contributed by atoms with van der Waals surface area (Å²) in [5, 5.41) is 9.61. The zero-order valence-corrected chi connectivity index (χ0v) is 18.3. The molecule has 0 aliphatic carbocycles. The molecule has 0 fully saturated rings. The number of aliphatic carboxylic acids is 1. The first kappa shape index (κ1) is 21.7. The van der Waals surface area contributed by atoms with Crippen molar-refractivity contribution >= 4 is 38.9 Å². The molecule has 0 unspecified atom stereocenters. The van der Waals surface area contributed by atoms with Crippen LogP contribution in [0.1, 0.15) is 11.1 Å². The number of anilines is 1. The first-order chi connectivity index (χ1) is 15.3. The van der Waals surface area contributed by atoms with E-state index in [9.17, 15) is 9.18 Å². The summed E-state index contributed by atoms with van der Waals surface area (Å²) in [6.45, 7) is 0.443. The predicted octanol–water partition coefficient (Wildman–Crippen LogP) is 3.71. The molecule has 4 rings (SSSR count). The summed E-state index contributed by atoms with van der Waals surface area (Å²) in [5.41, 5.74) is 13.7. The fraction of sp³-hybridized carbons (Fsp3) is 0.136. The Balaban J connectivity index is 1.59. The standard InChI is InChI=1S/C22H19BrFN5O3/c23-17-10-14(24)4-3-13(17)11-29-8-7-16-19(29)27-22(26)28-20(16)32-15-5-1-12(2-6-15)9-18(25)21(30)31/h1-8,10,18H,9,11,25H2,(H,30,31)(H2,26,27,28)/t18-/m0/s1. The number of carboxylic acids is 1. The van der Waals surface area contributed by atoms with Crippen molar-refractivity contribution in [3.05, 3.63) is 76.1 Å². The lowest BCUT2D eigenvalue weighted by molar-refractivity contribution is -0.138. The zero-order valence-electron chi connectivity index (χ0n) is 16.7. The van der Waals surface area contributed by atoms with Gasteiger partial charge in [-0.3, -0.25) is 4.79 Å². The van der Waals surface area contributed by atoms with Crippen LogP contribution in [0, 0.1) is 5.82 Å². The lowest BCUT2D eigenvalue weighted by atomic mass is 10.1. The van der Waals surface area contributed by atoms with Crippen LogP contribution < -0.4 is 16.2 Å². The van der Waals surface area contributed by atoms with E-state index in [-0.39, 0.29) is 18.2 Å². The highest BCUT2D eigenvalue weighted by Crippen LogP contribution is 2.30. The summed E-state index contributed by atoms with van der Waals surface area (Å²) in [6.07, 6.45) is 2.04. The highest BCUT2D eigenvalue weighted by molar-refractivity contribution is 9.10. The smallest absolute Gasteiger partial charge is 0.320 e. The molecule has 0 aliphatic heterocycles. The molecule has 2 heterocycles. The number of halogens is 2. The van der Waals surface area contributed by atoms with Crippen LogP contribution in [-0.2, 0) is 17.8 Å². The predicted molar refractivity (Wildman–Crippen MR) is 121 cm³/mol. The van der Waals surface area contributed by atoms with Gasteiger partial charge in [0.15, 0.2) is 0 Å². The molecule has 0 aliphatic rings. The summed E-state index contributed by atoms with van der Waals surface area (Å²) in [6, 6.07) is 12.3. The van der Waals surface area contributed by atoms with Gasteiger partial charge in [0.1, 0.15) is 23.3 Å². The second kappa shape index (κ2) is 8.93. The lowest BCUT2D eigenvalue weighted by Gasteiger charge is -2.10. The number of aromatic nitrogens is 3. The Morgan fingerprint density at radius 2 is 1.94 bits per heavy atom. The van der Waals surface area contributed by atoms with Gasteiger partial charge < -0.3 is 25.9 Å². The van der Waals surface area contributed by atoms with Crippen LogP contribution in [0.5, 0.6) is 11.6 Å². The van der Waals surface area contributed by atoms with Crippen molar-refractivity contribution in [3.63, 3.8) is 0 Å². The molecule has 0 saturated heterocycles. The normalized spacial score (nSPS) is 12.1. The van der Waals surface area contributed by atoms with Crippen molar-refractivity contribution in [2.24, 2.45) is 5.73 Å². The quantitative estimate of drug-likeness (QED) is 0.353. The van der Waals surface area contributed by atoms with E-state index in [0.717, 1.165) is 11.1 Å². The van der Waals surface area contributed by atoms with Crippen LogP contribution in [0.3, 0.4) is 0 Å². The number of nitrogens with two attached hydrogens (primary N) is 2. The summed E-state index contributed by atoms with van der Waals surface area (Å²) < 4.78 is 21.8. The number of hydrogen-bond acceptors (Lipinski definition) is 6. The molecular weight excluding hydrogens is 481 g/mol. The Bertz CT molecular complexity index is 1290. The molecule has 0 bridgehead atoms. The third-order valence-corrected chi connectivity index (χ3v) is 5.61.